The highest BCUT2D eigenvalue weighted by atomic mass is 19.1. The smallest absolute Gasteiger partial charge is 0.207 e. The number of nitrogens with one attached hydrogen (secondary N) is 1. The number of benzene rings is 1. The van der Waals surface area contributed by atoms with Crippen LogP contribution in [0.3, 0.4) is 0 Å². The van der Waals surface area contributed by atoms with Gasteiger partial charge in [0.25, 0.3) is 0 Å². The molecule has 1 aromatic carbocycles. The molecule has 0 saturated carbocycles. The van der Waals surface area contributed by atoms with Crippen molar-refractivity contribution < 1.29 is 13.2 Å². The highest BCUT2D eigenvalue weighted by Gasteiger charge is 2.32. The molecule has 0 unspecified atom stereocenters. The normalized spacial score (nSPS) is 20.3. The van der Waals surface area contributed by atoms with Crippen molar-refractivity contribution in [3.8, 4) is 6.07 Å². The number of pyridine rings is 1. The molecule has 1 aliphatic heterocycles. The van der Waals surface area contributed by atoms with Gasteiger partial charge in [0.1, 0.15) is 23.6 Å². The summed E-state index contributed by atoms with van der Waals surface area (Å²) in [6.45, 7) is 2.58. The monoisotopic (exact) mass is 414 g/mol. The summed E-state index contributed by atoms with van der Waals surface area (Å²) >= 11 is 0. The van der Waals surface area contributed by atoms with Crippen LogP contribution in [-0.4, -0.2) is 46.9 Å². The zero-order valence-electron chi connectivity index (χ0n) is 16.6. The third kappa shape index (κ3) is 3.48. The number of alkyl halides is 1. The van der Waals surface area contributed by atoms with Gasteiger partial charge in [0, 0.05) is 31.4 Å². The van der Waals surface area contributed by atoms with E-state index in [0.717, 1.165) is 6.07 Å². The summed E-state index contributed by atoms with van der Waals surface area (Å²) in [5.74, 6) is -1.01. The predicted molar refractivity (Wildman–Crippen MR) is 107 cm³/mol. The minimum Gasteiger partial charge on any atom is -0.340 e. The third-order valence-electron chi connectivity index (χ3n) is 5.60. The molecule has 1 aliphatic rings. The molecular weight excluding hydrogens is 393 g/mol. The summed E-state index contributed by atoms with van der Waals surface area (Å²) in [4.78, 5) is 10.7. The molecule has 6 nitrogen and oxygen atoms in total. The number of piperidine rings is 1. The molecule has 1 N–H and O–H groups in total. The lowest BCUT2D eigenvalue weighted by Crippen LogP contribution is -2.51. The van der Waals surface area contributed by atoms with Crippen molar-refractivity contribution in [2.24, 2.45) is 0 Å². The van der Waals surface area contributed by atoms with Crippen LogP contribution in [0.15, 0.2) is 30.5 Å². The van der Waals surface area contributed by atoms with Crippen LogP contribution in [0.25, 0.3) is 11.0 Å². The Morgan fingerprint density at radius 3 is 2.77 bits per heavy atom. The molecule has 0 amide bonds. The SMILES string of the molecule is CN[C@@H]1CN(c2nc3cc(F)cc(F)c3n2[C@H](C)c2ccc(C#N)cn2)CC[C@H]1F. The number of nitriles is 1. The zero-order chi connectivity index (χ0) is 21.4. The number of likely N-dealkylation sites (N-methyl/N-ethyl adjacent to an activating group) is 1. The predicted octanol–water partition coefficient (Wildman–Crippen LogP) is 3.33. The van der Waals surface area contributed by atoms with Gasteiger partial charge in [-0.25, -0.2) is 18.2 Å². The van der Waals surface area contributed by atoms with Crippen molar-refractivity contribution in [1.29, 1.82) is 5.26 Å². The first-order valence-corrected chi connectivity index (χ1v) is 9.72. The van der Waals surface area contributed by atoms with Gasteiger partial charge in [-0.2, -0.15) is 5.26 Å². The first kappa shape index (κ1) is 20.2. The third-order valence-corrected chi connectivity index (χ3v) is 5.60. The van der Waals surface area contributed by atoms with E-state index in [4.69, 9.17) is 5.26 Å². The van der Waals surface area contributed by atoms with E-state index in [2.05, 4.69) is 15.3 Å². The summed E-state index contributed by atoms with van der Waals surface area (Å²) in [7, 11) is 1.70. The van der Waals surface area contributed by atoms with Crippen molar-refractivity contribution in [2.45, 2.75) is 31.6 Å². The van der Waals surface area contributed by atoms with Crippen molar-refractivity contribution in [1.82, 2.24) is 19.9 Å². The standard InChI is InChI=1S/C21H21F3N6/c1-12(17-4-3-13(9-25)10-27-17)30-20-16(24)7-14(22)8-18(20)28-21(30)29-6-5-15(23)19(11-29)26-2/h3-4,7-8,10,12,15,19,26H,5-6,11H2,1-2H3/t12-,15-,19-/m1/s1. The Balaban J connectivity index is 1.85. The van der Waals surface area contributed by atoms with E-state index in [-0.39, 0.29) is 11.0 Å². The average Bonchev–Trinajstić information content (AvgIpc) is 3.13. The fourth-order valence-electron chi connectivity index (χ4n) is 3.96. The largest absolute Gasteiger partial charge is 0.340 e. The van der Waals surface area contributed by atoms with Crippen LogP contribution in [0.1, 0.15) is 30.6 Å². The van der Waals surface area contributed by atoms with Crippen LogP contribution in [0.2, 0.25) is 0 Å². The lowest BCUT2D eigenvalue weighted by Gasteiger charge is -2.36. The van der Waals surface area contributed by atoms with Crippen LogP contribution in [0, 0.1) is 23.0 Å². The topological polar surface area (TPSA) is 69.8 Å². The second-order valence-electron chi connectivity index (χ2n) is 7.44. The molecule has 9 heteroatoms. The average molecular weight is 414 g/mol. The second kappa shape index (κ2) is 7.95. The number of imidazole rings is 1. The molecular formula is C21H21F3N6. The van der Waals surface area contributed by atoms with Crippen molar-refractivity contribution in [2.75, 3.05) is 25.0 Å². The minimum atomic E-state index is -0.990. The van der Waals surface area contributed by atoms with Gasteiger partial charge in [-0.05, 0) is 32.5 Å². The Kier molecular flexibility index (Phi) is 5.35. The van der Waals surface area contributed by atoms with Gasteiger partial charge in [0.05, 0.1) is 28.9 Å². The molecule has 3 heterocycles. The van der Waals surface area contributed by atoms with Crippen LogP contribution in [0.4, 0.5) is 19.1 Å². The van der Waals surface area contributed by atoms with E-state index in [1.165, 1.54) is 12.3 Å². The molecule has 3 aromatic rings. The highest BCUT2D eigenvalue weighted by molar-refractivity contribution is 5.80. The van der Waals surface area contributed by atoms with Gasteiger partial charge >= 0.3 is 0 Å². The minimum absolute atomic E-state index is 0.161. The molecule has 1 saturated heterocycles. The van der Waals surface area contributed by atoms with E-state index in [1.807, 2.05) is 17.9 Å². The van der Waals surface area contributed by atoms with Gasteiger partial charge in [-0.1, -0.05) is 0 Å². The Hall–Kier alpha value is -3.12. The number of nitrogens with zero attached hydrogens (tertiary/aromatic N) is 5. The summed E-state index contributed by atoms with van der Waals surface area (Å²) in [5.41, 5.74) is 1.36. The van der Waals surface area contributed by atoms with E-state index in [1.54, 1.807) is 23.7 Å². The van der Waals surface area contributed by atoms with Gasteiger partial charge in [-0.3, -0.25) is 9.55 Å². The summed E-state index contributed by atoms with van der Waals surface area (Å²) in [6, 6.07) is 6.53. The number of fused-ring (bicyclic) bond motifs is 1. The maximum atomic E-state index is 14.8. The van der Waals surface area contributed by atoms with Crippen molar-refractivity contribution in [3.05, 3.63) is 53.4 Å². The van der Waals surface area contributed by atoms with Crippen molar-refractivity contribution >= 4 is 17.0 Å². The molecule has 156 valence electrons. The van der Waals surface area contributed by atoms with Gasteiger partial charge in [0.2, 0.25) is 5.95 Å². The molecule has 1 fully saturated rings. The van der Waals surface area contributed by atoms with E-state index < -0.39 is 29.9 Å². The van der Waals surface area contributed by atoms with E-state index in [9.17, 15) is 13.2 Å². The molecule has 0 bridgehead atoms. The molecule has 30 heavy (non-hydrogen) atoms. The Morgan fingerprint density at radius 2 is 2.10 bits per heavy atom. The van der Waals surface area contributed by atoms with Gasteiger partial charge < -0.3 is 10.2 Å². The first-order chi connectivity index (χ1) is 14.4. The van der Waals surface area contributed by atoms with Gasteiger partial charge in [-0.15, -0.1) is 0 Å². The lowest BCUT2D eigenvalue weighted by atomic mass is 10.0. The summed E-state index contributed by atoms with van der Waals surface area (Å²) < 4.78 is 44.5. The second-order valence-corrected chi connectivity index (χ2v) is 7.44. The molecule has 2 aromatic heterocycles. The number of aromatic nitrogens is 3. The van der Waals surface area contributed by atoms with Crippen LogP contribution in [-0.2, 0) is 0 Å². The molecule has 4 rings (SSSR count). The quantitative estimate of drug-likeness (QED) is 0.709. The number of rotatable bonds is 4. The molecule has 0 spiro atoms. The lowest BCUT2D eigenvalue weighted by molar-refractivity contribution is 0.221. The number of hydrogen-bond donors (Lipinski definition) is 1. The number of halogens is 3. The Bertz CT molecular complexity index is 1100. The fraction of sp³-hybridized carbons (Fsp3) is 0.381. The Labute approximate surface area is 172 Å². The molecule has 3 atom stereocenters. The maximum Gasteiger partial charge on any atom is 0.207 e. The molecule has 0 radical (unpaired) electrons. The van der Waals surface area contributed by atoms with Crippen molar-refractivity contribution in [3.63, 3.8) is 0 Å². The van der Waals surface area contributed by atoms with E-state index >= 15 is 0 Å². The fourth-order valence-corrected chi connectivity index (χ4v) is 3.96. The van der Waals surface area contributed by atoms with Gasteiger partial charge in [0.15, 0.2) is 5.82 Å². The van der Waals surface area contributed by atoms with Crippen LogP contribution >= 0.6 is 0 Å². The number of hydrogen-bond acceptors (Lipinski definition) is 5. The summed E-state index contributed by atoms with van der Waals surface area (Å²) in [5, 5.41) is 12.0. The Morgan fingerprint density at radius 1 is 1.30 bits per heavy atom. The summed E-state index contributed by atoms with van der Waals surface area (Å²) in [6.07, 6.45) is 0.761. The van der Waals surface area contributed by atoms with Crippen LogP contribution < -0.4 is 10.2 Å². The first-order valence-electron chi connectivity index (χ1n) is 9.72. The zero-order valence-corrected chi connectivity index (χ0v) is 16.6. The highest BCUT2D eigenvalue weighted by Crippen LogP contribution is 2.33. The number of anilines is 1. The molecule has 0 aliphatic carbocycles. The maximum absolute atomic E-state index is 14.8. The van der Waals surface area contributed by atoms with Crippen LogP contribution in [0.5, 0.6) is 0 Å². The van der Waals surface area contributed by atoms with E-state index in [0.29, 0.717) is 36.7 Å².